The molecule has 1 aliphatic heterocycles. The molecule has 2 aromatic carbocycles. The summed E-state index contributed by atoms with van der Waals surface area (Å²) in [5, 5.41) is 9.34. The minimum Gasteiger partial charge on any atom is -0.497 e. The van der Waals surface area contributed by atoms with Gasteiger partial charge in [-0.25, -0.2) is 0 Å². The number of aryl methyl sites for hydroxylation is 1. The highest BCUT2D eigenvalue weighted by atomic mass is 16.5. The minimum atomic E-state index is 0.625. The molecule has 4 heterocycles. The van der Waals surface area contributed by atoms with Crippen LogP contribution in [0.4, 0.5) is 23.3 Å². The maximum absolute atomic E-state index is 5.42. The Labute approximate surface area is 222 Å². The minimum absolute atomic E-state index is 0.625. The Morgan fingerprint density at radius 1 is 0.974 bits per heavy atom. The van der Waals surface area contributed by atoms with Crippen LogP contribution in [-0.2, 0) is 6.42 Å². The van der Waals surface area contributed by atoms with Gasteiger partial charge in [-0.2, -0.15) is 9.97 Å². The van der Waals surface area contributed by atoms with Crippen LogP contribution in [0.15, 0.2) is 54.7 Å². The van der Waals surface area contributed by atoms with Gasteiger partial charge < -0.3 is 35.1 Å². The van der Waals surface area contributed by atoms with E-state index < -0.39 is 0 Å². The SMILES string of the molecule is COc1ccc2[nH]cc(CCNc3nc(Nc4ccc5[nH]c(C)cc5c4)cc(N4CCN(C)CC4)n3)c2c1. The Bertz CT molecular complexity index is 1560. The van der Waals surface area contributed by atoms with Crippen LogP contribution in [-0.4, -0.2) is 71.7 Å². The maximum Gasteiger partial charge on any atom is 0.226 e. The van der Waals surface area contributed by atoms with E-state index in [0.29, 0.717) is 12.5 Å². The van der Waals surface area contributed by atoms with Gasteiger partial charge in [0.15, 0.2) is 0 Å². The van der Waals surface area contributed by atoms with Gasteiger partial charge in [0.2, 0.25) is 5.95 Å². The molecule has 0 aliphatic carbocycles. The molecule has 9 heteroatoms. The van der Waals surface area contributed by atoms with Crippen molar-refractivity contribution in [2.45, 2.75) is 13.3 Å². The number of H-pyrrole nitrogens is 2. The largest absolute Gasteiger partial charge is 0.497 e. The zero-order valence-corrected chi connectivity index (χ0v) is 22.1. The lowest BCUT2D eigenvalue weighted by Crippen LogP contribution is -2.44. The summed E-state index contributed by atoms with van der Waals surface area (Å²) in [7, 11) is 3.86. The van der Waals surface area contributed by atoms with Crippen LogP contribution in [0.3, 0.4) is 0 Å². The molecule has 1 fully saturated rings. The second kappa shape index (κ2) is 10.3. The summed E-state index contributed by atoms with van der Waals surface area (Å²) in [6.07, 6.45) is 2.90. The molecule has 4 N–H and O–H groups in total. The van der Waals surface area contributed by atoms with Gasteiger partial charge in [0.05, 0.1) is 7.11 Å². The summed E-state index contributed by atoms with van der Waals surface area (Å²) >= 11 is 0. The van der Waals surface area contributed by atoms with E-state index in [9.17, 15) is 0 Å². The number of fused-ring (bicyclic) bond motifs is 2. The van der Waals surface area contributed by atoms with E-state index in [1.54, 1.807) is 7.11 Å². The second-order valence-electron chi connectivity index (χ2n) is 10.0. The molecule has 196 valence electrons. The summed E-state index contributed by atoms with van der Waals surface area (Å²) in [4.78, 5) is 21.1. The molecule has 0 unspecified atom stereocenters. The fourth-order valence-corrected chi connectivity index (χ4v) is 5.08. The molecule has 38 heavy (non-hydrogen) atoms. The average Bonchev–Trinajstić information content (AvgIpc) is 3.50. The van der Waals surface area contributed by atoms with Gasteiger partial charge in [0.1, 0.15) is 17.4 Å². The fourth-order valence-electron chi connectivity index (χ4n) is 5.08. The third kappa shape index (κ3) is 5.10. The van der Waals surface area contributed by atoms with Gasteiger partial charge >= 0.3 is 0 Å². The lowest BCUT2D eigenvalue weighted by molar-refractivity contribution is 0.312. The number of likely N-dealkylation sites (N-methyl/N-ethyl adjacent to an activating group) is 1. The number of aromatic amines is 2. The Hall–Kier alpha value is -4.24. The first-order chi connectivity index (χ1) is 18.5. The van der Waals surface area contributed by atoms with E-state index in [1.807, 2.05) is 6.07 Å². The summed E-state index contributed by atoms with van der Waals surface area (Å²) in [6, 6.07) is 16.6. The Balaban J connectivity index is 1.23. The molecule has 9 nitrogen and oxygen atoms in total. The first-order valence-electron chi connectivity index (χ1n) is 13.1. The van der Waals surface area contributed by atoms with Crippen molar-refractivity contribution in [3.05, 3.63) is 66.0 Å². The number of aromatic nitrogens is 4. The number of ether oxygens (including phenoxy) is 1. The zero-order chi connectivity index (χ0) is 26.1. The Morgan fingerprint density at radius 2 is 1.82 bits per heavy atom. The first kappa shape index (κ1) is 24.1. The number of nitrogens with one attached hydrogen (secondary N) is 4. The molecule has 6 rings (SSSR count). The average molecular weight is 511 g/mol. The van der Waals surface area contributed by atoms with Crippen LogP contribution < -0.4 is 20.3 Å². The third-order valence-electron chi connectivity index (χ3n) is 7.22. The molecule has 1 saturated heterocycles. The molecule has 0 atom stereocenters. The lowest BCUT2D eigenvalue weighted by Gasteiger charge is -2.33. The number of hydrogen-bond donors (Lipinski definition) is 4. The third-order valence-corrected chi connectivity index (χ3v) is 7.22. The lowest BCUT2D eigenvalue weighted by atomic mass is 10.1. The number of benzene rings is 2. The van der Waals surface area contributed by atoms with Crippen molar-refractivity contribution in [1.82, 2.24) is 24.8 Å². The van der Waals surface area contributed by atoms with Gasteiger partial charge in [-0.15, -0.1) is 0 Å². The molecule has 0 bridgehead atoms. The van der Waals surface area contributed by atoms with Gasteiger partial charge in [-0.05, 0) is 68.4 Å². The van der Waals surface area contributed by atoms with E-state index in [4.69, 9.17) is 14.7 Å². The normalized spacial score (nSPS) is 14.3. The maximum atomic E-state index is 5.42. The van der Waals surface area contributed by atoms with Crippen LogP contribution in [0.5, 0.6) is 5.75 Å². The predicted molar refractivity (Wildman–Crippen MR) is 155 cm³/mol. The van der Waals surface area contributed by atoms with Gasteiger partial charge in [-0.1, -0.05) is 0 Å². The van der Waals surface area contributed by atoms with Crippen molar-refractivity contribution < 1.29 is 4.74 Å². The molecule has 5 aromatic rings. The van der Waals surface area contributed by atoms with Gasteiger partial charge in [0, 0.05) is 78.2 Å². The molecule has 0 saturated carbocycles. The molecular weight excluding hydrogens is 476 g/mol. The van der Waals surface area contributed by atoms with Crippen LogP contribution in [0.1, 0.15) is 11.3 Å². The zero-order valence-electron chi connectivity index (χ0n) is 22.1. The van der Waals surface area contributed by atoms with Crippen molar-refractivity contribution in [3.63, 3.8) is 0 Å². The van der Waals surface area contributed by atoms with Crippen molar-refractivity contribution in [2.24, 2.45) is 0 Å². The van der Waals surface area contributed by atoms with E-state index >= 15 is 0 Å². The fraction of sp³-hybridized carbons (Fsp3) is 0.310. The highest BCUT2D eigenvalue weighted by Crippen LogP contribution is 2.27. The number of piperazine rings is 1. The highest BCUT2D eigenvalue weighted by molar-refractivity contribution is 5.85. The summed E-state index contributed by atoms with van der Waals surface area (Å²) in [6.45, 7) is 6.71. The number of nitrogens with zero attached hydrogens (tertiary/aromatic N) is 4. The van der Waals surface area contributed by atoms with Crippen molar-refractivity contribution in [3.8, 4) is 5.75 Å². The molecule has 0 amide bonds. The van der Waals surface area contributed by atoms with Crippen LogP contribution in [0, 0.1) is 6.92 Å². The van der Waals surface area contributed by atoms with E-state index in [0.717, 1.165) is 72.4 Å². The van der Waals surface area contributed by atoms with Crippen molar-refractivity contribution in [1.29, 1.82) is 0 Å². The number of methoxy groups -OCH3 is 1. The van der Waals surface area contributed by atoms with Crippen LogP contribution >= 0.6 is 0 Å². The Kier molecular flexibility index (Phi) is 6.51. The number of hydrogen-bond acceptors (Lipinski definition) is 7. The molecule has 0 spiro atoms. The first-order valence-corrected chi connectivity index (χ1v) is 13.1. The van der Waals surface area contributed by atoms with E-state index in [1.165, 1.54) is 16.3 Å². The van der Waals surface area contributed by atoms with Gasteiger partial charge in [-0.3, -0.25) is 0 Å². The van der Waals surface area contributed by atoms with Crippen LogP contribution in [0.25, 0.3) is 21.8 Å². The van der Waals surface area contributed by atoms with Crippen molar-refractivity contribution >= 4 is 45.1 Å². The predicted octanol–water partition coefficient (Wildman–Crippen LogP) is 4.91. The smallest absolute Gasteiger partial charge is 0.226 e. The standard InChI is InChI=1S/C29H34N8O/c1-19-14-21-15-22(4-6-25(21)32-19)33-27-17-28(37-12-10-36(2)11-13-37)35-29(34-27)30-9-8-20-18-31-26-7-5-23(38-3)16-24(20)26/h4-7,14-18,31-32H,8-13H2,1-3H3,(H2,30,33,34,35). The van der Waals surface area contributed by atoms with Crippen molar-refractivity contribution in [2.75, 3.05) is 62.4 Å². The summed E-state index contributed by atoms with van der Waals surface area (Å²) in [5.41, 5.74) is 5.62. The summed E-state index contributed by atoms with van der Waals surface area (Å²) < 4.78 is 5.42. The number of anilines is 4. The molecule has 3 aromatic heterocycles. The quantitative estimate of drug-likeness (QED) is 0.236. The van der Waals surface area contributed by atoms with E-state index in [-0.39, 0.29) is 0 Å². The molecule has 0 radical (unpaired) electrons. The molecule has 1 aliphatic rings. The second-order valence-corrected chi connectivity index (χ2v) is 10.0. The monoisotopic (exact) mass is 510 g/mol. The number of rotatable bonds is 8. The summed E-state index contributed by atoms with van der Waals surface area (Å²) in [5.74, 6) is 3.20. The molecular formula is C29H34N8O. The topological polar surface area (TPSA) is 97.1 Å². The highest BCUT2D eigenvalue weighted by Gasteiger charge is 2.17. The van der Waals surface area contributed by atoms with E-state index in [2.05, 4.69) is 93.0 Å². The Morgan fingerprint density at radius 3 is 2.66 bits per heavy atom. The van der Waals surface area contributed by atoms with Gasteiger partial charge in [0.25, 0.3) is 0 Å². The van der Waals surface area contributed by atoms with Crippen LogP contribution in [0.2, 0.25) is 0 Å².